The van der Waals surface area contributed by atoms with Crippen LogP contribution in [0, 0.1) is 11.7 Å². The molecule has 3 aliphatic rings. The van der Waals surface area contributed by atoms with Gasteiger partial charge in [0.25, 0.3) is 5.56 Å². The predicted octanol–water partition coefficient (Wildman–Crippen LogP) is 2.66. The first kappa shape index (κ1) is 29.2. The number of nitrogens with one attached hydrogen (secondary N) is 1. The van der Waals surface area contributed by atoms with Crippen LogP contribution in [0.3, 0.4) is 0 Å². The molecule has 2 saturated heterocycles. The molecule has 0 aromatic carbocycles. The molecule has 9 atom stereocenters. The van der Waals surface area contributed by atoms with Crippen molar-refractivity contribution in [1.29, 1.82) is 0 Å². The van der Waals surface area contributed by atoms with E-state index in [4.69, 9.17) is 27.6 Å². The third kappa shape index (κ3) is 6.13. The predicted molar refractivity (Wildman–Crippen MR) is 144 cm³/mol. The Morgan fingerprint density at radius 3 is 2.68 bits per heavy atom. The Labute approximate surface area is 241 Å². The lowest BCUT2D eigenvalue weighted by molar-refractivity contribution is -0.0487. The van der Waals surface area contributed by atoms with Crippen LogP contribution in [0.15, 0.2) is 35.9 Å². The molecular formula is C21H24FN5O10P2S2. The molecule has 6 rings (SSSR count). The molecule has 3 fully saturated rings. The van der Waals surface area contributed by atoms with E-state index in [1.54, 1.807) is 6.07 Å². The zero-order valence-electron chi connectivity index (χ0n) is 20.8. The Hall–Kier alpha value is -1.85. The smallest absolute Gasteiger partial charge is 0.386 e. The Kier molecular flexibility index (Phi) is 8.08. The molecule has 3 aromatic heterocycles. The van der Waals surface area contributed by atoms with E-state index < -0.39 is 74.2 Å². The molecule has 15 nitrogen and oxygen atoms in total. The summed E-state index contributed by atoms with van der Waals surface area (Å²) in [6.07, 6.45) is -1.33. The summed E-state index contributed by atoms with van der Waals surface area (Å²) in [5.74, 6) is -1.08. The Morgan fingerprint density at radius 2 is 1.90 bits per heavy atom. The second kappa shape index (κ2) is 11.3. The number of hydrogen-bond donors (Lipinski definition) is 4. The van der Waals surface area contributed by atoms with E-state index in [-0.39, 0.29) is 24.1 Å². The number of hydrogen-bond acceptors (Lipinski definition) is 13. The van der Waals surface area contributed by atoms with E-state index in [0.717, 1.165) is 17.1 Å². The third-order valence-electron chi connectivity index (χ3n) is 6.96. The summed E-state index contributed by atoms with van der Waals surface area (Å²) in [6, 6.07) is 1.58. The van der Waals surface area contributed by atoms with Gasteiger partial charge < -0.3 is 28.7 Å². The molecule has 20 heteroatoms. The number of ether oxygens (including phenoxy) is 2. The second-order valence-corrected chi connectivity index (χ2v) is 15.4. The Bertz CT molecular complexity index is 1580. The van der Waals surface area contributed by atoms with Crippen molar-refractivity contribution in [3.63, 3.8) is 0 Å². The van der Waals surface area contributed by atoms with E-state index in [2.05, 4.69) is 44.4 Å². The minimum Gasteiger partial charge on any atom is -0.474 e. The van der Waals surface area contributed by atoms with Crippen LogP contribution < -0.4 is 10.3 Å². The standard InChI is InChI=1S/C21H24FN5O10P2S2/c22-12-5-27(19-16(12)20(29)26-9-25-19)21-18-17(28)14(35-21)7-33-38(30,40)36-13-4-11(34-15-1-2-23-8-24-15)3-10(13)6-32-39(31,41)37-18/h1-2,5,8-11,13-14,17-18,21,28H,3-4,6-7H2,(H,30,40)(H,31,41)(H,25,26,29)/t10-,11-,13+,14-,17-,18-,21-,38-,39+/m1/s1. The molecule has 2 aliphatic heterocycles. The van der Waals surface area contributed by atoms with Gasteiger partial charge in [-0.25, -0.2) is 28.5 Å². The fourth-order valence-corrected chi connectivity index (χ4v) is 8.20. The summed E-state index contributed by atoms with van der Waals surface area (Å²) in [5.41, 5.74) is -0.866. The van der Waals surface area contributed by atoms with Gasteiger partial charge in [0.1, 0.15) is 36.1 Å². The van der Waals surface area contributed by atoms with Gasteiger partial charge in [-0.2, -0.15) is 0 Å². The maximum absolute atomic E-state index is 14.7. The fraction of sp³-hybridized carbons (Fsp3) is 0.524. The highest BCUT2D eigenvalue weighted by molar-refractivity contribution is 8.44. The highest BCUT2D eigenvalue weighted by atomic mass is 32.7. The Morgan fingerprint density at radius 1 is 1.12 bits per heavy atom. The highest BCUT2D eigenvalue weighted by Crippen LogP contribution is 2.60. The van der Waals surface area contributed by atoms with E-state index in [0.29, 0.717) is 12.3 Å². The molecule has 1 aliphatic carbocycles. The van der Waals surface area contributed by atoms with Crippen molar-refractivity contribution in [2.24, 2.45) is 5.92 Å². The van der Waals surface area contributed by atoms with Crippen LogP contribution in [-0.2, 0) is 32.0 Å². The quantitative estimate of drug-likeness (QED) is 0.240. The van der Waals surface area contributed by atoms with Crippen molar-refractivity contribution in [3.05, 3.63) is 47.3 Å². The van der Waals surface area contributed by atoms with Crippen LogP contribution in [0.1, 0.15) is 19.1 Å². The number of thiol groups is 2. The molecule has 0 amide bonds. The molecule has 5 heterocycles. The monoisotopic (exact) mass is 651 g/mol. The third-order valence-corrected chi connectivity index (χ3v) is 10.2. The Balaban J connectivity index is 1.28. The first-order valence-electron chi connectivity index (χ1n) is 12.3. The first-order valence-corrected chi connectivity index (χ1v) is 17.7. The SMILES string of the molecule is O=c1[nH]cnc2c1c(F)cn2[C@@H]1O[C@@H]2CO[P@@](=O)(S)O[C@H]3C[C@H](Oc4ccncn4)C[C@@H]3CO[P@](=O)(S)O[C@@H]1[C@@H]2O. The molecular weight excluding hydrogens is 627 g/mol. The molecule has 2 bridgehead atoms. The van der Waals surface area contributed by atoms with E-state index >= 15 is 0 Å². The van der Waals surface area contributed by atoms with Crippen molar-refractivity contribution in [3.8, 4) is 5.88 Å². The zero-order chi connectivity index (χ0) is 28.9. The van der Waals surface area contributed by atoms with E-state index in [1.807, 2.05) is 0 Å². The van der Waals surface area contributed by atoms with Gasteiger partial charge in [0, 0.05) is 30.8 Å². The van der Waals surface area contributed by atoms with Crippen LogP contribution in [0.2, 0.25) is 0 Å². The number of halogens is 1. The van der Waals surface area contributed by atoms with Gasteiger partial charge in [0.05, 0.1) is 25.6 Å². The maximum atomic E-state index is 14.7. The lowest BCUT2D eigenvalue weighted by Crippen LogP contribution is -2.35. The molecule has 2 N–H and O–H groups in total. The summed E-state index contributed by atoms with van der Waals surface area (Å²) in [4.78, 5) is 26.4. The summed E-state index contributed by atoms with van der Waals surface area (Å²) in [6.45, 7) is -8.97. The number of fused-ring (bicyclic) bond motifs is 4. The average Bonchev–Trinajstić information content (AvgIpc) is 3.55. The van der Waals surface area contributed by atoms with Gasteiger partial charge in [-0.1, -0.05) is 24.5 Å². The summed E-state index contributed by atoms with van der Waals surface area (Å²) < 4.78 is 76.7. The maximum Gasteiger partial charge on any atom is 0.386 e. The average molecular weight is 652 g/mol. The molecule has 1 saturated carbocycles. The molecule has 0 radical (unpaired) electrons. The van der Waals surface area contributed by atoms with Crippen molar-refractivity contribution < 1.29 is 46.2 Å². The topological polar surface area (TPSA) is 186 Å². The summed E-state index contributed by atoms with van der Waals surface area (Å²) in [5, 5.41) is 10.7. The largest absolute Gasteiger partial charge is 0.474 e. The lowest BCUT2D eigenvalue weighted by Gasteiger charge is -2.26. The second-order valence-electron chi connectivity index (χ2n) is 9.63. The number of aliphatic hydroxyl groups is 1. The lowest BCUT2D eigenvalue weighted by atomic mass is 10.1. The van der Waals surface area contributed by atoms with Gasteiger partial charge in [-0.3, -0.25) is 18.4 Å². The number of aliphatic hydroxyl groups excluding tert-OH is 1. The van der Waals surface area contributed by atoms with Gasteiger partial charge >= 0.3 is 13.6 Å². The van der Waals surface area contributed by atoms with Crippen molar-refractivity contribution >= 4 is 49.1 Å². The molecule has 222 valence electrons. The molecule has 3 aromatic rings. The van der Waals surface area contributed by atoms with Gasteiger partial charge in [-0.05, 0) is 6.42 Å². The minimum absolute atomic E-state index is 0.124. The van der Waals surface area contributed by atoms with Crippen LogP contribution in [0.5, 0.6) is 5.88 Å². The number of rotatable bonds is 3. The summed E-state index contributed by atoms with van der Waals surface area (Å²) >= 11 is 8.19. The minimum atomic E-state index is -4.21. The zero-order valence-corrected chi connectivity index (χ0v) is 24.4. The molecule has 0 unspecified atom stereocenters. The van der Waals surface area contributed by atoms with E-state index in [1.165, 1.54) is 12.5 Å². The van der Waals surface area contributed by atoms with Crippen molar-refractivity contribution in [2.45, 2.75) is 49.6 Å². The highest BCUT2D eigenvalue weighted by Gasteiger charge is 2.51. The number of H-pyrrole nitrogens is 1. The van der Waals surface area contributed by atoms with Crippen molar-refractivity contribution in [2.75, 3.05) is 13.2 Å². The fourth-order valence-electron chi connectivity index (χ4n) is 5.14. The molecule has 0 spiro atoms. The first-order chi connectivity index (χ1) is 19.5. The number of aromatic nitrogens is 5. The van der Waals surface area contributed by atoms with Crippen LogP contribution >= 0.6 is 38.1 Å². The van der Waals surface area contributed by atoms with Gasteiger partial charge in [-0.15, -0.1) is 0 Å². The van der Waals surface area contributed by atoms with Gasteiger partial charge in [0.15, 0.2) is 17.7 Å². The normalized spacial score (nSPS) is 38.1. The van der Waals surface area contributed by atoms with Crippen molar-refractivity contribution in [1.82, 2.24) is 24.5 Å². The van der Waals surface area contributed by atoms with Crippen LogP contribution in [0.25, 0.3) is 11.0 Å². The summed E-state index contributed by atoms with van der Waals surface area (Å²) in [7, 11) is 0. The van der Waals surface area contributed by atoms with Crippen LogP contribution in [-0.4, -0.2) is 73.3 Å². The van der Waals surface area contributed by atoms with Crippen LogP contribution in [0.4, 0.5) is 4.39 Å². The number of nitrogens with zero attached hydrogens (tertiary/aromatic N) is 4. The van der Waals surface area contributed by atoms with Gasteiger partial charge in [0.2, 0.25) is 5.88 Å². The van der Waals surface area contributed by atoms with E-state index in [9.17, 15) is 23.4 Å². The number of aromatic amines is 1. The molecule has 41 heavy (non-hydrogen) atoms.